The Kier molecular flexibility index (Phi) is 4.14. The van der Waals surface area contributed by atoms with Crippen LogP contribution in [0.15, 0.2) is 34.2 Å². The van der Waals surface area contributed by atoms with Crippen molar-refractivity contribution in [2.75, 3.05) is 5.43 Å². The summed E-state index contributed by atoms with van der Waals surface area (Å²) in [6.45, 7) is 3.41. The van der Waals surface area contributed by atoms with Crippen molar-refractivity contribution < 1.29 is 4.39 Å². The quantitative estimate of drug-likeness (QED) is 0.675. The van der Waals surface area contributed by atoms with E-state index in [1.165, 1.54) is 24.3 Å². The Morgan fingerprint density at radius 3 is 2.85 bits per heavy atom. The lowest BCUT2D eigenvalue weighted by molar-refractivity contribution is 0.628. The maximum Gasteiger partial charge on any atom is 0.252 e. The van der Waals surface area contributed by atoms with Gasteiger partial charge in [-0.15, -0.1) is 0 Å². The molecule has 104 valence electrons. The average Bonchev–Trinajstić information content (AvgIpc) is 2.35. The van der Waals surface area contributed by atoms with Gasteiger partial charge in [-0.1, -0.05) is 11.6 Å². The second-order valence-electron chi connectivity index (χ2n) is 4.17. The maximum atomic E-state index is 13.0. The zero-order chi connectivity index (χ0) is 14.7. The van der Waals surface area contributed by atoms with Gasteiger partial charge < -0.3 is 0 Å². The first kappa shape index (κ1) is 14.2. The molecule has 2 aromatic rings. The Morgan fingerprint density at radius 2 is 2.20 bits per heavy atom. The molecule has 0 unspecified atom stereocenters. The molecule has 1 aromatic carbocycles. The second-order valence-corrected chi connectivity index (χ2v) is 4.58. The molecule has 0 aliphatic heterocycles. The van der Waals surface area contributed by atoms with Gasteiger partial charge >= 0.3 is 0 Å². The maximum absolute atomic E-state index is 13.0. The van der Waals surface area contributed by atoms with E-state index in [1.807, 2.05) is 0 Å². The van der Waals surface area contributed by atoms with Crippen molar-refractivity contribution in [3.05, 3.63) is 56.7 Å². The molecular formula is C13H12ClFN4O. The van der Waals surface area contributed by atoms with Crippen LogP contribution in [0.5, 0.6) is 0 Å². The average molecular weight is 295 g/mol. The van der Waals surface area contributed by atoms with Crippen LogP contribution in [0.25, 0.3) is 0 Å². The highest BCUT2D eigenvalue weighted by Gasteiger charge is 2.05. The van der Waals surface area contributed by atoms with Crippen molar-refractivity contribution >= 4 is 23.3 Å². The number of aromatic nitrogens is 2. The molecule has 1 heterocycles. The highest BCUT2D eigenvalue weighted by atomic mass is 35.5. The molecule has 7 heteroatoms. The number of hydrogen-bond acceptors (Lipinski definition) is 4. The number of hydrazone groups is 1. The molecule has 0 spiro atoms. The third kappa shape index (κ3) is 3.42. The normalized spacial score (nSPS) is 11.5. The Balaban J connectivity index is 2.24. The lowest BCUT2D eigenvalue weighted by Gasteiger charge is -2.05. The third-order valence-electron chi connectivity index (χ3n) is 2.52. The van der Waals surface area contributed by atoms with Crippen molar-refractivity contribution in [3.63, 3.8) is 0 Å². The van der Waals surface area contributed by atoms with Gasteiger partial charge in [0, 0.05) is 17.3 Å². The predicted molar refractivity (Wildman–Crippen MR) is 76.8 cm³/mol. The van der Waals surface area contributed by atoms with Crippen LogP contribution in [-0.2, 0) is 0 Å². The van der Waals surface area contributed by atoms with E-state index in [4.69, 9.17) is 11.6 Å². The summed E-state index contributed by atoms with van der Waals surface area (Å²) < 4.78 is 13.0. The fourth-order valence-corrected chi connectivity index (χ4v) is 1.92. The molecule has 0 aliphatic rings. The van der Waals surface area contributed by atoms with E-state index in [0.29, 0.717) is 17.0 Å². The molecule has 5 nitrogen and oxygen atoms in total. The Hall–Kier alpha value is -2.21. The smallest absolute Gasteiger partial charge is 0.252 e. The van der Waals surface area contributed by atoms with E-state index in [-0.39, 0.29) is 16.5 Å². The Labute approximate surface area is 119 Å². The van der Waals surface area contributed by atoms with Crippen LogP contribution in [-0.4, -0.2) is 15.7 Å². The zero-order valence-corrected chi connectivity index (χ0v) is 11.6. The van der Waals surface area contributed by atoms with Crippen molar-refractivity contribution in [1.82, 2.24) is 9.97 Å². The van der Waals surface area contributed by atoms with Gasteiger partial charge in [-0.3, -0.25) is 9.78 Å². The molecule has 20 heavy (non-hydrogen) atoms. The number of nitrogens with zero attached hydrogens (tertiary/aromatic N) is 2. The van der Waals surface area contributed by atoms with Gasteiger partial charge in [-0.05, 0) is 32.0 Å². The molecule has 2 N–H and O–H groups in total. The molecule has 2 rings (SSSR count). The molecule has 1 aromatic heterocycles. The standard InChI is InChI=1S/C13H12ClFN4O/c1-7-5-12(20)17-13(16-7)19-18-8(2)10-4-3-9(15)6-11(10)14/h3-6H,1-2H3,(H2,16,17,19,20)/b18-8-. The number of H-pyrrole nitrogens is 1. The number of rotatable bonds is 3. The minimum absolute atomic E-state index is 0.229. The van der Waals surface area contributed by atoms with Crippen LogP contribution in [0.1, 0.15) is 18.2 Å². The molecule has 0 saturated carbocycles. The zero-order valence-electron chi connectivity index (χ0n) is 10.9. The van der Waals surface area contributed by atoms with Crippen molar-refractivity contribution in [1.29, 1.82) is 0 Å². The van der Waals surface area contributed by atoms with Crippen LogP contribution < -0.4 is 11.0 Å². The predicted octanol–water partition coefficient (Wildman–Crippen LogP) is 2.71. The number of anilines is 1. The summed E-state index contributed by atoms with van der Waals surface area (Å²) in [5, 5.41) is 4.33. The van der Waals surface area contributed by atoms with Crippen LogP contribution in [0.3, 0.4) is 0 Å². The second kappa shape index (κ2) is 5.83. The first-order valence-corrected chi connectivity index (χ1v) is 6.17. The number of nitrogens with one attached hydrogen (secondary N) is 2. The lowest BCUT2D eigenvalue weighted by Crippen LogP contribution is -2.11. The minimum Gasteiger partial charge on any atom is -0.291 e. The van der Waals surface area contributed by atoms with Gasteiger partial charge in [0.05, 0.1) is 10.7 Å². The van der Waals surface area contributed by atoms with E-state index in [9.17, 15) is 9.18 Å². The first-order valence-electron chi connectivity index (χ1n) is 5.79. The summed E-state index contributed by atoms with van der Waals surface area (Å²) in [6.07, 6.45) is 0. The van der Waals surface area contributed by atoms with E-state index >= 15 is 0 Å². The van der Waals surface area contributed by atoms with E-state index in [1.54, 1.807) is 13.8 Å². The van der Waals surface area contributed by atoms with E-state index < -0.39 is 5.82 Å². The van der Waals surface area contributed by atoms with E-state index in [2.05, 4.69) is 20.5 Å². The number of aromatic amines is 1. The summed E-state index contributed by atoms with van der Waals surface area (Å²) in [6, 6.07) is 5.42. The number of benzene rings is 1. The molecular weight excluding hydrogens is 283 g/mol. The summed E-state index contributed by atoms with van der Waals surface area (Å²) in [5.41, 5.74) is 4.07. The Bertz CT molecular complexity index is 727. The van der Waals surface area contributed by atoms with Crippen LogP contribution in [0, 0.1) is 12.7 Å². The Morgan fingerprint density at radius 1 is 1.45 bits per heavy atom. The summed E-state index contributed by atoms with van der Waals surface area (Å²) in [4.78, 5) is 17.8. The van der Waals surface area contributed by atoms with Crippen molar-refractivity contribution in [3.8, 4) is 0 Å². The molecule has 0 saturated heterocycles. The third-order valence-corrected chi connectivity index (χ3v) is 2.83. The molecule has 0 bridgehead atoms. The summed E-state index contributed by atoms with van der Waals surface area (Å²) >= 11 is 5.93. The summed E-state index contributed by atoms with van der Waals surface area (Å²) in [7, 11) is 0. The van der Waals surface area contributed by atoms with Crippen molar-refractivity contribution in [2.24, 2.45) is 5.10 Å². The lowest BCUT2D eigenvalue weighted by atomic mass is 10.1. The van der Waals surface area contributed by atoms with Crippen molar-refractivity contribution in [2.45, 2.75) is 13.8 Å². The van der Waals surface area contributed by atoms with Gasteiger partial charge in [0.25, 0.3) is 5.56 Å². The molecule has 0 atom stereocenters. The van der Waals surface area contributed by atoms with Gasteiger partial charge in [-0.25, -0.2) is 14.8 Å². The summed E-state index contributed by atoms with van der Waals surface area (Å²) in [5.74, 6) is -0.184. The van der Waals surface area contributed by atoms with Gasteiger partial charge in [0.2, 0.25) is 5.95 Å². The number of hydrogen-bond donors (Lipinski definition) is 2. The van der Waals surface area contributed by atoms with Gasteiger partial charge in [0.15, 0.2) is 0 Å². The molecule has 0 aliphatic carbocycles. The SMILES string of the molecule is C/C(=N/Nc1nc(C)cc(=O)[nH]1)c1ccc(F)cc1Cl. The highest BCUT2D eigenvalue weighted by molar-refractivity contribution is 6.34. The highest BCUT2D eigenvalue weighted by Crippen LogP contribution is 2.18. The van der Waals surface area contributed by atoms with Crippen LogP contribution in [0.2, 0.25) is 5.02 Å². The van der Waals surface area contributed by atoms with Crippen LogP contribution in [0.4, 0.5) is 10.3 Å². The van der Waals surface area contributed by atoms with E-state index in [0.717, 1.165) is 0 Å². The van der Waals surface area contributed by atoms with Crippen LogP contribution >= 0.6 is 11.6 Å². The largest absolute Gasteiger partial charge is 0.291 e. The minimum atomic E-state index is -0.413. The van der Waals surface area contributed by atoms with Gasteiger partial charge in [-0.2, -0.15) is 5.10 Å². The number of aryl methyl sites for hydroxylation is 1. The fourth-order valence-electron chi connectivity index (χ4n) is 1.61. The van der Waals surface area contributed by atoms with Gasteiger partial charge in [0.1, 0.15) is 5.82 Å². The number of halogens is 2. The monoisotopic (exact) mass is 294 g/mol. The fraction of sp³-hybridized carbons (Fsp3) is 0.154. The topological polar surface area (TPSA) is 70.1 Å². The molecule has 0 fully saturated rings. The molecule has 0 amide bonds. The molecule has 0 radical (unpaired) electrons. The first-order chi connectivity index (χ1) is 9.45.